The van der Waals surface area contributed by atoms with Crippen molar-refractivity contribution in [3.8, 4) is 0 Å². The van der Waals surface area contributed by atoms with Crippen molar-refractivity contribution in [1.29, 1.82) is 0 Å². The molecule has 0 aliphatic rings. The van der Waals surface area contributed by atoms with Crippen LogP contribution in [0.4, 0.5) is 0 Å². The molecule has 0 saturated carbocycles. The fraction of sp³-hybridized carbons (Fsp3) is 0.857. The van der Waals surface area contributed by atoms with Gasteiger partial charge in [-0.1, -0.05) is 22.9 Å². The molecule has 10 heavy (non-hydrogen) atoms. The first-order valence-electron chi connectivity index (χ1n) is 3.46. The zero-order valence-corrected chi connectivity index (χ0v) is 7.98. The van der Waals surface area contributed by atoms with Gasteiger partial charge in [0, 0.05) is 11.2 Å². The first-order valence-corrected chi connectivity index (χ1v) is 4.38. The Morgan fingerprint density at radius 3 is 2.70 bits per heavy atom. The number of rotatable bonds is 4. The summed E-state index contributed by atoms with van der Waals surface area (Å²) in [4.78, 5) is 11.1. The van der Waals surface area contributed by atoms with Gasteiger partial charge in [0.15, 0.2) is 0 Å². The Morgan fingerprint density at radius 2 is 2.30 bits per heavy atom. The second kappa shape index (κ2) is 5.71. The Kier molecular flexibility index (Phi) is 5.69. The van der Waals surface area contributed by atoms with Crippen LogP contribution in [0.3, 0.4) is 0 Å². The average molecular weight is 209 g/mol. The predicted molar refractivity (Wildman–Crippen MR) is 44.3 cm³/mol. The summed E-state index contributed by atoms with van der Waals surface area (Å²) in [7, 11) is 0. The minimum Gasteiger partial charge on any atom is -0.466 e. The predicted octanol–water partition coefficient (Wildman–Crippen LogP) is 2.11. The van der Waals surface area contributed by atoms with Gasteiger partial charge in [0.2, 0.25) is 0 Å². The van der Waals surface area contributed by atoms with E-state index in [1.165, 1.54) is 0 Å². The van der Waals surface area contributed by atoms with Gasteiger partial charge in [-0.05, 0) is 13.3 Å². The molecular formula is C7H13BrO2. The minimum atomic E-state index is -0.103. The van der Waals surface area contributed by atoms with E-state index >= 15 is 0 Å². The van der Waals surface area contributed by atoms with Crippen molar-refractivity contribution < 1.29 is 9.53 Å². The van der Waals surface area contributed by atoms with E-state index in [-0.39, 0.29) is 5.97 Å². The van der Waals surface area contributed by atoms with E-state index in [0.717, 1.165) is 6.42 Å². The highest BCUT2D eigenvalue weighted by molar-refractivity contribution is 9.09. The molecular weight excluding hydrogens is 196 g/mol. The molecule has 0 rings (SSSR count). The van der Waals surface area contributed by atoms with Gasteiger partial charge in [0.25, 0.3) is 0 Å². The quantitative estimate of drug-likeness (QED) is 0.523. The van der Waals surface area contributed by atoms with Crippen LogP contribution in [-0.2, 0) is 9.53 Å². The van der Waals surface area contributed by atoms with Crippen LogP contribution in [0, 0.1) is 0 Å². The monoisotopic (exact) mass is 208 g/mol. The van der Waals surface area contributed by atoms with Crippen molar-refractivity contribution in [2.75, 3.05) is 6.61 Å². The highest BCUT2D eigenvalue weighted by atomic mass is 79.9. The third-order valence-electron chi connectivity index (χ3n) is 1.05. The summed E-state index contributed by atoms with van der Waals surface area (Å²) in [5, 5.41) is 0. The summed E-state index contributed by atoms with van der Waals surface area (Å²) >= 11 is 3.35. The summed E-state index contributed by atoms with van der Waals surface area (Å²) in [5.41, 5.74) is 0. The molecule has 0 fully saturated rings. The summed E-state index contributed by atoms with van der Waals surface area (Å²) in [6, 6.07) is 0. The molecule has 1 atom stereocenters. The molecule has 0 saturated heterocycles. The lowest BCUT2D eigenvalue weighted by atomic mass is 10.2. The van der Waals surface area contributed by atoms with E-state index in [9.17, 15) is 4.79 Å². The van der Waals surface area contributed by atoms with Gasteiger partial charge >= 0.3 is 5.97 Å². The average Bonchev–Trinajstić information content (AvgIpc) is 1.85. The number of carbonyl (C=O) groups excluding carboxylic acids is 1. The van der Waals surface area contributed by atoms with Crippen molar-refractivity contribution in [1.82, 2.24) is 0 Å². The normalized spacial score (nSPS) is 12.7. The molecule has 0 N–H and O–H groups in total. The minimum absolute atomic E-state index is 0.103. The van der Waals surface area contributed by atoms with Crippen molar-refractivity contribution in [3.05, 3.63) is 0 Å². The molecule has 0 spiro atoms. The zero-order chi connectivity index (χ0) is 7.98. The molecule has 0 aromatic heterocycles. The summed E-state index contributed by atoms with van der Waals surface area (Å²) < 4.78 is 4.73. The summed E-state index contributed by atoms with van der Waals surface area (Å²) in [6.07, 6.45) is 1.36. The fourth-order valence-corrected chi connectivity index (χ4v) is 0.779. The van der Waals surface area contributed by atoms with E-state index < -0.39 is 0 Å². The van der Waals surface area contributed by atoms with E-state index in [2.05, 4.69) is 15.9 Å². The first kappa shape index (κ1) is 9.95. The number of alkyl halides is 1. The van der Waals surface area contributed by atoms with Gasteiger partial charge < -0.3 is 4.74 Å². The molecule has 0 aromatic rings. The second-order valence-corrected chi connectivity index (χ2v) is 3.69. The van der Waals surface area contributed by atoms with Gasteiger partial charge in [-0.15, -0.1) is 0 Å². The lowest BCUT2D eigenvalue weighted by molar-refractivity contribution is -0.143. The molecule has 1 unspecified atom stereocenters. The van der Waals surface area contributed by atoms with Crippen LogP contribution in [-0.4, -0.2) is 17.4 Å². The van der Waals surface area contributed by atoms with Crippen LogP contribution in [0.15, 0.2) is 0 Å². The molecule has 0 aliphatic heterocycles. The Hall–Kier alpha value is -0.0500. The van der Waals surface area contributed by atoms with Crippen molar-refractivity contribution >= 4 is 21.9 Å². The molecule has 2 nitrogen and oxygen atoms in total. The highest BCUT2D eigenvalue weighted by Gasteiger charge is 2.03. The molecule has 3 heteroatoms. The van der Waals surface area contributed by atoms with E-state index in [1.54, 1.807) is 0 Å². The number of esters is 1. The number of hydrogen-bond acceptors (Lipinski definition) is 2. The Labute approximate surface area is 70.1 Å². The molecule has 0 amide bonds. The Balaban J connectivity index is 3.22. The van der Waals surface area contributed by atoms with Crippen LogP contribution in [0.1, 0.15) is 26.7 Å². The van der Waals surface area contributed by atoms with E-state index in [1.807, 2.05) is 13.8 Å². The van der Waals surface area contributed by atoms with Crippen molar-refractivity contribution in [2.24, 2.45) is 0 Å². The third-order valence-corrected chi connectivity index (χ3v) is 1.51. The van der Waals surface area contributed by atoms with Crippen LogP contribution in [0.25, 0.3) is 0 Å². The second-order valence-electron chi connectivity index (χ2n) is 2.12. The van der Waals surface area contributed by atoms with Crippen molar-refractivity contribution in [2.45, 2.75) is 31.5 Å². The summed E-state index contributed by atoms with van der Waals surface area (Å²) in [5.74, 6) is -0.103. The third kappa shape index (κ3) is 6.08. The smallest absolute Gasteiger partial charge is 0.305 e. The number of carbonyl (C=O) groups is 1. The number of halogens is 1. The van der Waals surface area contributed by atoms with Gasteiger partial charge in [0.1, 0.15) is 0 Å². The molecule has 60 valence electrons. The highest BCUT2D eigenvalue weighted by Crippen LogP contribution is 2.06. The topological polar surface area (TPSA) is 26.3 Å². The Bertz CT molecular complexity index is 102. The van der Waals surface area contributed by atoms with E-state index in [4.69, 9.17) is 4.74 Å². The number of ether oxygens (including phenoxy) is 1. The van der Waals surface area contributed by atoms with E-state index in [0.29, 0.717) is 17.9 Å². The van der Waals surface area contributed by atoms with Crippen LogP contribution < -0.4 is 0 Å². The standard InChI is InChI=1S/C7H13BrO2/c1-3-10-7(9)5-4-6(2)8/h6H,3-5H2,1-2H3. The largest absolute Gasteiger partial charge is 0.466 e. The SMILES string of the molecule is CCOC(=O)CCC(C)Br. The first-order chi connectivity index (χ1) is 4.66. The summed E-state index contributed by atoms with van der Waals surface area (Å²) in [6.45, 7) is 4.31. The van der Waals surface area contributed by atoms with Crippen LogP contribution in [0.5, 0.6) is 0 Å². The maximum Gasteiger partial charge on any atom is 0.305 e. The lowest BCUT2D eigenvalue weighted by Gasteiger charge is -2.01. The molecule has 0 heterocycles. The maximum atomic E-state index is 10.7. The van der Waals surface area contributed by atoms with Gasteiger partial charge in [-0.3, -0.25) is 4.79 Å². The van der Waals surface area contributed by atoms with Crippen molar-refractivity contribution in [3.63, 3.8) is 0 Å². The van der Waals surface area contributed by atoms with Gasteiger partial charge in [-0.25, -0.2) is 0 Å². The van der Waals surface area contributed by atoms with Crippen LogP contribution in [0.2, 0.25) is 0 Å². The molecule has 0 aromatic carbocycles. The molecule has 0 bridgehead atoms. The lowest BCUT2D eigenvalue weighted by Crippen LogP contribution is -2.05. The maximum absolute atomic E-state index is 10.7. The van der Waals surface area contributed by atoms with Gasteiger partial charge in [-0.2, -0.15) is 0 Å². The molecule has 0 aliphatic carbocycles. The van der Waals surface area contributed by atoms with Gasteiger partial charge in [0.05, 0.1) is 6.61 Å². The van der Waals surface area contributed by atoms with Crippen LogP contribution >= 0.6 is 15.9 Å². The fourth-order valence-electron chi connectivity index (χ4n) is 0.550. The Morgan fingerprint density at radius 1 is 1.70 bits per heavy atom. The molecule has 0 radical (unpaired) electrons. The zero-order valence-electron chi connectivity index (χ0n) is 6.39. The number of hydrogen-bond donors (Lipinski definition) is 0.